The average molecular weight is 348 g/mol. The molecular formula is C23H41NO. The summed E-state index contributed by atoms with van der Waals surface area (Å²) in [7, 11) is 0. The molecule has 0 heterocycles. The summed E-state index contributed by atoms with van der Waals surface area (Å²) in [6.45, 7) is 6.72. The van der Waals surface area contributed by atoms with Crippen molar-refractivity contribution in [3.8, 4) is 0 Å². The highest BCUT2D eigenvalue weighted by molar-refractivity contribution is 5.13. The summed E-state index contributed by atoms with van der Waals surface area (Å²) in [5.74, 6) is 0. The van der Waals surface area contributed by atoms with Gasteiger partial charge >= 0.3 is 0 Å². The highest BCUT2D eigenvalue weighted by Gasteiger charge is 2.17. The molecule has 0 amide bonds. The number of hydrogen-bond donors (Lipinski definition) is 0. The molecule has 2 heteroatoms. The summed E-state index contributed by atoms with van der Waals surface area (Å²) >= 11 is 0. The van der Waals surface area contributed by atoms with Crippen molar-refractivity contribution in [3.63, 3.8) is 0 Å². The molecule has 1 aromatic rings. The first kappa shape index (κ1) is 22.2. The maximum atomic E-state index is 13.4. The van der Waals surface area contributed by atoms with Crippen LogP contribution in [0.4, 0.5) is 0 Å². The predicted molar refractivity (Wildman–Crippen MR) is 110 cm³/mol. The van der Waals surface area contributed by atoms with Crippen molar-refractivity contribution in [3.05, 3.63) is 41.1 Å². The minimum atomic E-state index is -0.0223. The van der Waals surface area contributed by atoms with E-state index in [-0.39, 0.29) is 4.65 Å². The highest BCUT2D eigenvalue weighted by atomic mass is 16.5. The fourth-order valence-corrected chi connectivity index (χ4v) is 3.55. The molecule has 1 rings (SSSR count). The molecule has 0 radical (unpaired) electrons. The van der Waals surface area contributed by atoms with Gasteiger partial charge in [0.2, 0.25) is 0 Å². The van der Waals surface area contributed by atoms with Crippen molar-refractivity contribution in [2.24, 2.45) is 0 Å². The molecule has 0 bridgehead atoms. The van der Waals surface area contributed by atoms with E-state index < -0.39 is 0 Å². The Morgan fingerprint density at radius 1 is 0.640 bits per heavy atom. The van der Waals surface area contributed by atoms with E-state index in [4.69, 9.17) is 0 Å². The minimum absolute atomic E-state index is 0.0223. The van der Waals surface area contributed by atoms with Crippen LogP contribution < -0.4 is 0 Å². The van der Waals surface area contributed by atoms with Gasteiger partial charge in [0.05, 0.1) is 13.1 Å². The van der Waals surface area contributed by atoms with E-state index in [1.165, 1.54) is 69.8 Å². The quantitative estimate of drug-likeness (QED) is 0.176. The zero-order valence-corrected chi connectivity index (χ0v) is 16.8. The number of rotatable bonds is 16. The van der Waals surface area contributed by atoms with Crippen LogP contribution in [0.2, 0.25) is 0 Å². The fourth-order valence-electron chi connectivity index (χ4n) is 3.55. The lowest BCUT2D eigenvalue weighted by atomic mass is 10.1. The second kappa shape index (κ2) is 14.3. The second-order valence-corrected chi connectivity index (χ2v) is 7.68. The first-order chi connectivity index (χ1) is 12.2. The van der Waals surface area contributed by atoms with Crippen LogP contribution >= 0.6 is 0 Å². The van der Waals surface area contributed by atoms with Gasteiger partial charge < -0.3 is 9.85 Å². The molecule has 0 saturated carbocycles. The Kier molecular flexibility index (Phi) is 12.7. The van der Waals surface area contributed by atoms with Crippen molar-refractivity contribution in [1.29, 1.82) is 0 Å². The van der Waals surface area contributed by atoms with Gasteiger partial charge in [-0.15, -0.1) is 0 Å². The van der Waals surface area contributed by atoms with Crippen molar-refractivity contribution < 1.29 is 4.65 Å². The van der Waals surface area contributed by atoms with E-state index in [0.717, 1.165) is 25.9 Å². The van der Waals surface area contributed by atoms with Crippen LogP contribution in [0.1, 0.15) is 96.5 Å². The number of nitrogens with zero attached hydrogens (tertiary/aromatic N) is 1. The Morgan fingerprint density at radius 2 is 1.08 bits per heavy atom. The lowest BCUT2D eigenvalue weighted by Crippen LogP contribution is -2.43. The van der Waals surface area contributed by atoms with E-state index >= 15 is 0 Å². The summed E-state index contributed by atoms with van der Waals surface area (Å²) in [4.78, 5) is 0. The largest absolute Gasteiger partial charge is 0.633 e. The van der Waals surface area contributed by atoms with E-state index in [1.54, 1.807) is 0 Å². The van der Waals surface area contributed by atoms with E-state index in [0.29, 0.717) is 6.54 Å². The molecule has 25 heavy (non-hydrogen) atoms. The third-order valence-electron chi connectivity index (χ3n) is 5.15. The smallest absolute Gasteiger partial charge is 0.104 e. The van der Waals surface area contributed by atoms with Gasteiger partial charge in [0.1, 0.15) is 6.54 Å². The van der Waals surface area contributed by atoms with E-state index in [1.807, 2.05) is 6.07 Å². The third-order valence-corrected chi connectivity index (χ3v) is 5.15. The summed E-state index contributed by atoms with van der Waals surface area (Å²) in [5, 5.41) is 13.4. The summed E-state index contributed by atoms with van der Waals surface area (Å²) < 4.78 is -0.0223. The highest BCUT2D eigenvalue weighted by Crippen LogP contribution is 2.18. The van der Waals surface area contributed by atoms with Crippen LogP contribution in [0.25, 0.3) is 0 Å². The summed E-state index contributed by atoms with van der Waals surface area (Å²) in [6, 6.07) is 10.3. The normalized spacial score (nSPS) is 11.8. The molecule has 144 valence electrons. The maximum Gasteiger partial charge on any atom is 0.104 e. The van der Waals surface area contributed by atoms with Gasteiger partial charge in [-0.1, -0.05) is 95.5 Å². The Bertz CT molecular complexity index is 388. The number of hydroxylamine groups is 3. The molecule has 1 aromatic carbocycles. The molecule has 0 spiro atoms. The first-order valence-electron chi connectivity index (χ1n) is 10.8. The first-order valence-corrected chi connectivity index (χ1v) is 10.8. The topological polar surface area (TPSA) is 23.1 Å². The van der Waals surface area contributed by atoms with Gasteiger partial charge in [0.25, 0.3) is 0 Å². The molecule has 0 aliphatic carbocycles. The number of quaternary nitrogens is 1. The predicted octanol–water partition coefficient (Wildman–Crippen LogP) is 7.22. The number of hydrogen-bond acceptors (Lipinski definition) is 1. The third kappa shape index (κ3) is 11.4. The van der Waals surface area contributed by atoms with Crippen molar-refractivity contribution in [2.75, 3.05) is 13.1 Å². The number of unbranched alkanes of at least 4 members (excludes halogenated alkanes) is 10. The van der Waals surface area contributed by atoms with Gasteiger partial charge in [-0.05, 0) is 25.7 Å². The Hall–Kier alpha value is -0.860. The lowest BCUT2D eigenvalue weighted by molar-refractivity contribution is -0.894. The van der Waals surface area contributed by atoms with E-state index in [9.17, 15) is 5.21 Å². The maximum absolute atomic E-state index is 13.4. The summed E-state index contributed by atoms with van der Waals surface area (Å²) in [6.07, 6.45) is 15.1. The molecule has 0 N–H and O–H groups in total. The molecule has 0 unspecified atom stereocenters. The molecular weight excluding hydrogens is 306 g/mol. The number of benzene rings is 1. The van der Waals surface area contributed by atoms with Gasteiger partial charge in [-0.2, -0.15) is 0 Å². The van der Waals surface area contributed by atoms with Gasteiger partial charge in [0, 0.05) is 5.56 Å². The molecule has 0 saturated heterocycles. The zero-order valence-electron chi connectivity index (χ0n) is 16.8. The monoisotopic (exact) mass is 347 g/mol. The van der Waals surface area contributed by atoms with E-state index in [2.05, 4.69) is 38.1 Å². The van der Waals surface area contributed by atoms with Crippen molar-refractivity contribution in [2.45, 2.75) is 97.4 Å². The van der Waals surface area contributed by atoms with Gasteiger partial charge in [-0.3, -0.25) is 0 Å². The van der Waals surface area contributed by atoms with Crippen LogP contribution in [0.15, 0.2) is 30.3 Å². The molecule has 0 fully saturated rings. The standard InChI is InChI=1S/C23H41NO/c1-3-5-7-9-11-16-20-24(25,21-17-12-10-8-6-4-2)22-23-18-14-13-15-19-23/h13-15,18-19H,3-12,16-17,20-22H2,1-2H3. The Morgan fingerprint density at radius 3 is 1.56 bits per heavy atom. The van der Waals surface area contributed by atoms with Crippen molar-refractivity contribution >= 4 is 0 Å². The van der Waals surface area contributed by atoms with Crippen molar-refractivity contribution in [1.82, 2.24) is 0 Å². The van der Waals surface area contributed by atoms with Gasteiger partial charge in [0.15, 0.2) is 0 Å². The van der Waals surface area contributed by atoms with Crippen LogP contribution in [-0.4, -0.2) is 17.7 Å². The van der Waals surface area contributed by atoms with Crippen LogP contribution in [0.3, 0.4) is 0 Å². The average Bonchev–Trinajstić information content (AvgIpc) is 2.62. The molecule has 2 nitrogen and oxygen atoms in total. The minimum Gasteiger partial charge on any atom is -0.633 e. The van der Waals surface area contributed by atoms with Crippen LogP contribution in [0, 0.1) is 5.21 Å². The Labute approximate surface area is 156 Å². The summed E-state index contributed by atoms with van der Waals surface area (Å²) in [5.41, 5.74) is 1.19. The van der Waals surface area contributed by atoms with Crippen LogP contribution in [-0.2, 0) is 6.54 Å². The Balaban J connectivity index is 2.39. The van der Waals surface area contributed by atoms with Crippen LogP contribution in [0.5, 0.6) is 0 Å². The zero-order chi connectivity index (χ0) is 18.2. The molecule has 0 atom stereocenters. The second-order valence-electron chi connectivity index (χ2n) is 7.68. The molecule has 0 aliphatic heterocycles. The van der Waals surface area contributed by atoms with Gasteiger partial charge in [-0.25, -0.2) is 0 Å². The molecule has 0 aromatic heterocycles. The molecule has 0 aliphatic rings. The fraction of sp³-hybridized carbons (Fsp3) is 0.739. The SMILES string of the molecule is CCCCCCCC[N+]([O-])(CCCCCCCC)Cc1ccccc1. The lowest BCUT2D eigenvalue weighted by Gasteiger charge is -2.43.